The number of hydrogen-bond donors (Lipinski definition) is 1. The topological polar surface area (TPSA) is 51.2 Å². The summed E-state index contributed by atoms with van der Waals surface area (Å²) in [5.41, 5.74) is 1.11. The van der Waals surface area contributed by atoms with Gasteiger partial charge in [0.05, 0.1) is 23.5 Å². The van der Waals surface area contributed by atoms with Crippen LogP contribution in [0.4, 0.5) is 5.69 Å². The Bertz CT molecular complexity index is 573. The summed E-state index contributed by atoms with van der Waals surface area (Å²) in [6.45, 7) is 2.40. The standard InChI is InChI=1S/C14H13ClN2O2/c1-2-19-13-6-5-10(8-12(13)15)14(18)17-11-4-3-7-16-9-11/h3-9H,2H2,1H3,(H,17,18). The first-order chi connectivity index (χ1) is 9.20. The molecule has 0 atom stereocenters. The van der Waals surface area contributed by atoms with Crippen LogP contribution in [0.15, 0.2) is 42.7 Å². The molecule has 2 aromatic rings. The van der Waals surface area contributed by atoms with Gasteiger partial charge >= 0.3 is 0 Å². The number of rotatable bonds is 4. The number of halogens is 1. The van der Waals surface area contributed by atoms with Crippen molar-refractivity contribution in [3.63, 3.8) is 0 Å². The second-order valence-corrected chi connectivity index (χ2v) is 4.18. The van der Waals surface area contributed by atoms with Gasteiger partial charge in [-0.3, -0.25) is 9.78 Å². The van der Waals surface area contributed by atoms with E-state index in [1.54, 1.807) is 42.7 Å². The van der Waals surface area contributed by atoms with Crippen LogP contribution in [0.1, 0.15) is 17.3 Å². The van der Waals surface area contributed by atoms with Crippen LogP contribution in [0, 0.1) is 0 Å². The Morgan fingerprint density at radius 2 is 2.26 bits per heavy atom. The molecule has 0 radical (unpaired) electrons. The second-order valence-electron chi connectivity index (χ2n) is 3.77. The minimum atomic E-state index is -0.238. The third kappa shape index (κ3) is 3.45. The van der Waals surface area contributed by atoms with Crippen LogP contribution in [0.25, 0.3) is 0 Å². The lowest BCUT2D eigenvalue weighted by Crippen LogP contribution is -2.12. The van der Waals surface area contributed by atoms with E-state index in [0.717, 1.165) is 0 Å². The number of anilines is 1. The second kappa shape index (κ2) is 6.20. The van der Waals surface area contributed by atoms with Crippen LogP contribution < -0.4 is 10.1 Å². The van der Waals surface area contributed by atoms with Gasteiger partial charge in [0.25, 0.3) is 5.91 Å². The molecule has 19 heavy (non-hydrogen) atoms. The van der Waals surface area contributed by atoms with Crippen molar-refractivity contribution >= 4 is 23.2 Å². The molecule has 98 valence electrons. The van der Waals surface area contributed by atoms with E-state index in [1.807, 2.05) is 6.92 Å². The largest absolute Gasteiger partial charge is 0.492 e. The van der Waals surface area contributed by atoms with Crippen molar-refractivity contribution < 1.29 is 9.53 Å². The predicted molar refractivity (Wildman–Crippen MR) is 74.8 cm³/mol. The predicted octanol–water partition coefficient (Wildman–Crippen LogP) is 3.39. The number of carbonyl (C=O) groups is 1. The van der Waals surface area contributed by atoms with Crippen LogP contribution >= 0.6 is 11.6 Å². The van der Waals surface area contributed by atoms with Gasteiger partial charge in [-0.2, -0.15) is 0 Å². The monoisotopic (exact) mass is 276 g/mol. The van der Waals surface area contributed by atoms with Gasteiger partial charge in [-0.15, -0.1) is 0 Å². The Kier molecular flexibility index (Phi) is 4.36. The molecule has 0 fully saturated rings. The molecule has 1 aromatic heterocycles. The van der Waals surface area contributed by atoms with Crippen molar-refractivity contribution in [1.82, 2.24) is 4.98 Å². The molecule has 0 saturated carbocycles. The molecule has 0 unspecified atom stereocenters. The molecule has 0 bridgehead atoms. The van der Waals surface area contributed by atoms with Crippen molar-refractivity contribution in [3.8, 4) is 5.75 Å². The first-order valence-corrected chi connectivity index (χ1v) is 6.22. The molecule has 0 spiro atoms. The average molecular weight is 277 g/mol. The lowest BCUT2D eigenvalue weighted by atomic mass is 10.2. The van der Waals surface area contributed by atoms with E-state index < -0.39 is 0 Å². The Morgan fingerprint density at radius 3 is 2.89 bits per heavy atom. The zero-order chi connectivity index (χ0) is 13.7. The number of aromatic nitrogens is 1. The van der Waals surface area contributed by atoms with Gasteiger partial charge in [0.1, 0.15) is 5.75 Å². The highest BCUT2D eigenvalue weighted by Crippen LogP contribution is 2.25. The maximum absolute atomic E-state index is 12.0. The molecule has 5 heteroatoms. The Labute approximate surface area is 116 Å². The number of ether oxygens (including phenoxy) is 1. The van der Waals surface area contributed by atoms with Crippen LogP contribution in [-0.4, -0.2) is 17.5 Å². The third-order valence-electron chi connectivity index (χ3n) is 2.41. The number of amides is 1. The molecule has 0 aliphatic heterocycles. The van der Waals surface area contributed by atoms with E-state index >= 15 is 0 Å². The number of benzene rings is 1. The van der Waals surface area contributed by atoms with E-state index in [0.29, 0.717) is 28.6 Å². The van der Waals surface area contributed by atoms with Crippen LogP contribution in [-0.2, 0) is 0 Å². The first kappa shape index (κ1) is 13.4. The highest BCUT2D eigenvalue weighted by atomic mass is 35.5. The van der Waals surface area contributed by atoms with E-state index in [9.17, 15) is 4.79 Å². The molecule has 0 aliphatic carbocycles. The quantitative estimate of drug-likeness (QED) is 0.931. The number of carbonyl (C=O) groups excluding carboxylic acids is 1. The van der Waals surface area contributed by atoms with Gasteiger partial charge in [0.15, 0.2) is 0 Å². The summed E-state index contributed by atoms with van der Waals surface area (Å²) in [4.78, 5) is 15.9. The lowest BCUT2D eigenvalue weighted by Gasteiger charge is -2.08. The molecule has 1 amide bonds. The molecular formula is C14H13ClN2O2. The van der Waals surface area contributed by atoms with Gasteiger partial charge in [0.2, 0.25) is 0 Å². The highest BCUT2D eigenvalue weighted by Gasteiger charge is 2.09. The summed E-state index contributed by atoms with van der Waals surface area (Å²) in [5.74, 6) is 0.333. The fourth-order valence-corrected chi connectivity index (χ4v) is 1.79. The van der Waals surface area contributed by atoms with Crippen molar-refractivity contribution in [2.45, 2.75) is 6.92 Å². The normalized spacial score (nSPS) is 10.0. The van der Waals surface area contributed by atoms with Gasteiger partial charge in [0, 0.05) is 11.8 Å². The number of pyridine rings is 1. The highest BCUT2D eigenvalue weighted by molar-refractivity contribution is 6.32. The zero-order valence-corrected chi connectivity index (χ0v) is 11.1. The van der Waals surface area contributed by atoms with Crippen LogP contribution in [0.5, 0.6) is 5.75 Å². The van der Waals surface area contributed by atoms with Crippen molar-refractivity contribution in [3.05, 3.63) is 53.3 Å². The Balaban J connectivity index is 2.14. The first-order valence-electron chi connectivity index (χ1n) is 5.84. The van der Waals surface area contributed by atoms with E-state index in [-0.39, 0.29) is 5.91 Å². The zero-order valence-electron chi connectivity index (χ0n) is 10.4. The number of hydrogen-bond acceptors (Lipinski definition) is 3. The molecule has 4 nitrogen and oxygen atoms in total. The summed E-state index contributed by atoms with van der Waals surface area (Å²) in [6, 6.07) is 8.45. The average Bonchev–Trinajstić information content (AvgIpc) is 2.42. The van der Waals surface area contributed by atoms with Crippen molar-refractivity contribution in [2.75, 3.05) is 11.9 Å². The van der Waals surface area contributed by atoms with E-state index in [2.05, 4.69) is 10.3 Å². The maximum Gasteiger partial charge on any atom is 0.255 e. The number of nitrogens with zero attached hydrogens (tertiary/aromatic N) is 1. The Morgan fingerprint density at radius 1 is 1.42 bits per heavy atom. The molecule has 1 heterocycles. The Hall–Kier alpha value is -2.07. The van der Waals surface area contributed by atoms with Crippen molar-refractivity contribution in [1.29, 1.82) is 0 Å². The molecule has 0 aliphatic rings. The van der Waals surface area contributed by atoms with Crippen LogP contribution in [0.3, 0.4) is 0 Å². The SMILES string of the molecule is CCOc1ccc(C(=O)Nc2cccnc2)cc1Cl. The number of nitrogens with one attached hydrogen (secondary N) is 1. The summed E-state index contributed by atoms with van der Waals surface area (Å²) < 4.78 is 5.32. The smallest absolute Gasteiger partial charge is 0.255 e. The summed E-state index contributed by atoms with van der Waals surface area (Å²) >= 11 is 6.04. The molecular weight excluding hydrogens is 264 g/mol. The van der Waals surface area contributed by atoms with Gasteiger partial charge in [-0.1, -0.05) is 11.6 Å². The summed E-state index contributed by atoms with van der Waals surface area (Å²) in [5, 5.41) is 3.15. The fraction of sp³-hybridized carbons (Fsp3) is 0.143. The fourth-order valence-electron chi connectivity index (χ4n) is 1.55. The minimum Gasteiger partial charge on any atom is -0.492 e. The summed E-state index contributed by atoms with van der Waals surface area (Å²) in [7, 11) is 0. The van der Waals surface area contributed by atoms with Gasteiger partial charge in [-0.05, 0) is 37.3 Å². The van der Waals surface area contributed by atoms with Gasteiger partial charge < -0.3 is 10.1 Å². The molecule has 0 saturated heterocycles. The van der Waals surface area contributed by atoms with Gasteiger partial charge in [-0.25, -0.2) is 0 Å². The lowest BCUT2D eigenvalue weighted by molar-refractivity contribution is 0.102. The van der Waals surface area contributed by atoms with E-state index in [1.165, 1.54) is 0 Å². The molecule has 1 N–H and O–H groups in total. The molecule has 2 rings (SSSR count). The van der Waals surface area contributed by atoms with Crippen LogP contribution in [0.2, 0.25) is 5.02 Å². The van der Waals surface area contributed by atoms with E-state index in [4.69, 9.17) is 16.3 Å². The molecule has 1 aromatic carbocycles. The maximum atomic E-state index is 12.0. The minimum absolute atomic E-state index is 0.238. The third-order valence-corrected chi connectivity index (χ3v) is 2.71. The van der Waals surface area contributed by atoms with Crippen molar-refractivity contribution in [2.24, 2.45) is 0 Å². The summed E-state index contributed by atoms with van der Waals surface area (Å²) in [6.07, 6.45) is 3.22.